The predicted molar refractivity (Wildman–Crippen MR) is 105 cm³/mol. The lowest BCUT2D eigenvalue weighted by molar-refractivity contribution is 0.0935. The predicted octanol–water partition coefficient (Wildman–Crippen LogP) is 2.02. The van der Waals surface area contributed by atoms with Crippen LogP contribution in [0.5, 0.6) is 0 Å². The summed E-state index contributed by atoms with van der Waals surface area (Å²) in [6.45, 7) is 1.10. The summed E-state index contributed by atoms with van der Waals surface area (Å²) in [6, 6.07) is 4.33. The van der Waals surface area contributed by atoms with Gasteiger partial charge >= 0.3 is 6.03 Å². The summed E-state index contributed by atoms with van der Waals surface area (Å²) >= 11 is 0. The average Bonchev–Trinajstić information content (AvgIpc) is 3.46. The van der Waals surface area contributed by atoms with E-state index in [0.29, 0.717) is 24.7 Å². The van der Waals surface area contributed by atoms with Crippen molar-refractivity contribution in [1.29, 1.82) is 0 Å². The molecule has 3 N–H and O–H groups in total. The Bertz CT molecular complexity index is 946. The van der Waals surface area contributed by atoms with Crippen LogP contribution in [0, 0.1) is 17.8 Å². The summed E-state index contributed by atoms with van der Waals surface area (Å²) in [5.74, 6) is 2.02. The second-order valence-corrected chi connectivity index (χ2v) is 8.43. The Morgan fingerprint density at radius 2 is 2.07 bits per heavy atom. The first kappa shape index (κ1) is 18.0. The Balaban J connectivity index is 1.29. The number of carbonyl (C=O) groups is 2. The van der Waals surface area contributed by atoms with Crippen LogP contribution in [-0.2, 0) is 6.54 Å². The third kappa shape index (κ3) is 3.22. The molecular formula is C21H24N6O2. The number of aromatic nitrogens is 3. The number of primary amides is 1. The first-order valence-corrected chi connectivity index (χ1v) is 10.2. The number of nitrogens with zero attached hydrogens (tertiary/aromatic N) is 4. The molecule has 0 radical (unpaired) electrons. The maximum Gasteiger partial charge on any atom is 0.315 e. The zero-order valence-electron chi connectivity index (χ0n) is 16.1. The molecule has 4 unspecified atom stereocenters. The Hall–Kier alpha value is -3.03. The standard InChI is InChI=1S/C21H24N6O2/c22-21(29)27-11-15-9-23-6-5-16(15)19(27)17-3-4-18(26-25-17)20(28)24-10-14-8-12-1-2-13(14)7-12/h3-6,9,12-14,19H,1-2,7-8,10-11H2,(H2,22,29)(H,24,28). The molecule has 5 rings (SSSR count). The average molecular weight is 392 g/mol. The van der Waals surface area contributed by atoms with Gasteiger partial charge in [0, 0.05) is 18.9 Å². The van der Waals surface area contributed by atoms with Gasteiger partial charge in [0.1, 0.15) is 6.04 Å². The molecule has 1 aliphatic heterocycles. The monoisotopic (exact) mass is 392 g/mol. The number of fused-ring (bicyclic) bond motifs is 3. The van der Waals surface area contributed by atoms with E-state index in [1.54, 1.807) is 24.5 Å². The second-order valence-electron chi connectivity index (χ2n) is 8.43. The number of pyridine rings is 1. The van der Waals surface area contributed by atoms with E-state index in [0.717, 1.165) is 23.0 Å². The largest absolute Gasteiger partial charge is 0.351 e. The minimum Gasteiger partial charge on any atom is -0.351 e. The lowest BCUT2D eigenvalue weighted by Gasteiger charge is -2.23. The number of hydrogen-bond acceptors (Lipinski definition) is 5. The number of hydrogen-bond donors (Lipinski definition) is 2. The van der Waals surface area contributed by atoms with Crippen LogP contribution in [0.15, 0.2) is 30.6 Å². The van der Waals surface area contributed by atoms with Crippen LogP contribution in [0.3, 0.4) is 0 Å². The van der Waals surface area contributed by atoms with Crippen LogP contribution in [0.1, 0.15) is 59.0 Å². The lowest BCUT2D eigenvalue weighted by Crippen LogP contribution is -2.35. The van der Waals surface area contributed by atoms with Crippen LogP contribution >= 0.6 is 0 Å². The third-order valence-electron chi connectivity index (χ3n) is 6.78. The summed E-state index contributed by atoms with van der Waals surface area (Å²) in [4.78, 5) is 30.1. The molecule has 2 bridgehead atoms. The molecule has 8 nitrogen and oxygen atoms in total. The summed E-state index contributed by atoms with van der Waals surface area (Å²) in [5, 5.41) is 11.4. The van der Waals surface area contributed by atoms with Gasteiger partial charge in [-0.3, -0.25) is 9.78 Å². The molecule has 3 amide bonds. The van der Waals surface area contributed by atoms with Gasteiger partial charge in [0.15, 0.2) is 5.69 Å². The van der Waals surface area contributed by atoms with Gasteiger partial charge in [-0.25, -0.2) is 4.79 Å². The SMILES string of the molecule is NC(=O)N1Cc2cnccc2C1c1ccc(C(=O)NCC2CC3CCC2C3)nn1. The Morgan fingerprint density at radius 1 is 1.17 bits per heavy atom. The van der Waals surface area contributed by atoms with E-state index in [1.165, 1.54) is 30.6 Å². The van der Waals surface area contributed by atoms with Crippen molar-refractivity contribution >= 4 is 11.9 Å². The number of amides is 3. The maximum atomic E-state index is 12.5. The lowest BCUT2D eigenvalue weighted by atomic mass is 9.89. The van der Waals surface area contributed by atoms with Crippen LogP contribution in [0.25, 0.3) is 0 Å². The minimum atomic E-state index is -0.527. The molecule has 0 saturated heterocycles. The van der Waals surface area contributed by atoms with Gasteiger partial charge in [0.25, 0.3) is 5.91 Å². The van der Waals surface area contributed by atoms with E-state index in [9.17, 15) is 9.59 Å². The van der Waals surface area contributed by atoms with E-state index < -0.39 is 12.1 Å². The molecule has 3 heterocycles. The van der Waals surface area contributed by atoms with Gasteiger partial charge in [-0.1, -0.05) is 6.42 Å². The van der Waals surface area contributed by atoms with Gasteiger partial charge in [0.05, 0.1) is 12.2 Å². The van der Waals surface area contributed by atoms with E-state index >= 15 is 0 Å². The fraction of sp³-hybridized carbons (Fsp3) is 0.476. The molecule has 0 spiro atoms. The number of carbonyl (C=O) groups excluding carboxylic acids is 2. The van der Waals surface area contributed by atoms with Crippen LogP contribution in [0.2, 0.25) is 0 Å². The minimum absolute atomic E-state index is 0.199. The van der Waals surface area contributed by atoms with Crippen LogP contribution in [-0.4, -0.2) is 38.6 Å². The molecule has 3 aliphatic rings. The van der Waals surface area contributed by atoms with Crippen molar-refractivity contribution < 1.29 is 9.59 Å². The number of rotatable bonds is 4. The molecule has 2 aromatic heterocycles. The second kappa shape index (κ2) is 7.09. The molecule has 2 aliphatic carbocycles. The van der Waals surface area contributed by atoms with Crippen molar-refractivity contribution in [1.82, 2.24) is 25.4 Å². The topological polar surface area (TPSA) is 114 Å². The number of urea groups is 1. The fourth-order valence-corrected chi connectivity index (χ4v) is 5.35. The van der Waals surface area contributed by atoms with Crippen molar-refractivity contribution in [3.63, 3.8) is 0 Å². The van der Waals surface area contributed by atoms with Crippen molar-refractivity contribution in [2.45, 2.75) is 38.3 Å². The number of nitrogens with one attached hydrogen (secondary N) is 1. The summed E-state index contributed by atoms with van der Waals surface area (Å²) in [5.41, 5.74) is 8.30. The van der Waals surface area contributed by atoms with Gasteiger partial charge in [0.2, 0.25) is 0 Å². The smallest absolute Gasteiger partial charge is 0.315 e. The summed E-state index contributed by atoms with van der Waals surface area (Å²) in [6.07, 6.45) is 8.62. The van der Waals surface area contributed by atoms with Crippen molar-refractivity contribution in [2.75, 3.05) is 6.54 Å². The Morgan fingerprint density at radius 3 is 2.76 bits per heavy atom. The molecule has 29 heavy (non-hydrogen) atoms. The molecular weight excluding hydrogens is 368 g/mol. The van der Waals surface area contributed by atoms with Gasteiger partial charge < -0.3 is 16.0 Å². The summed E-state index contributed by atoms with van der Waals surface area (Å²) < 4.78 is 0. The molecule has 150 valence electrons. The molecule has 2 saturated carbocycles. The molecule has 4 atom stereocenters. The highest BCUT2D eigenvalue weighted by molar-refractivity contribution is 5.92. The Kier molecular flexibility index (Phi) is 4.41. The summed E-state index contributed by atoms with van der Waals surface area (Å²) in [7, 11) is 0. The van der Waals surface area contributed by atoms with E-state index in [4.69, 9.17) is 5.73 Å². The molecule has 2 aromatic rings. The quantitative estimate of drug-likeness (QED) is 0.826. The van der Waals surface area contributed by atoms with E-state index in [1.807, 2.05) is 6.07 Å². The molecule has 0 aromatic carbocycles. The van der Waals surface area contributed by atoms with E-state index in [-0.39, 0.29) is 11.6 Å². The highest BCUT2D eigenvalue weighted by Gasteiger charge is 2.39. The maximum absolute atomic E-state index is 12.5. The van der Waals surface area contributed by atoms with Crippen LogP contribution < -0.4 is 11.1 Å². The van der Waals surface area contributed by atoms with Crippen molar-refractivity contribution in [3.8, 4) is 0 Å². The molecule has 2 fully saturated rings. The third-order valence-corrected chi connectivity index (χ3v) is 6.78. The van der Waals surface area contributed by atoms with E-state index in [2.05, 4.69) is 20.5 Å². The highest BCUT2D eigenvalue weighted by atomic mass is 16.2. The van der Waals surface area contributed by atoms with Gasteiger partial charge in [-0.05, 0) is 66.3 Å². The van der Waals surface area contributed by atoms with Crippen LogP contribution in [0.4, 0.5) is 4.79 Å². The number of nitrogens with two attached hydrogens (primary N) is 1. The zero-order chi connectivity index (χ0) is 20.0. The first-order valence-electron chi connectivity index (χ1n) is 10.2. The first-order chi connectivity index (χ1) is 14.1. The Labute approximate surface area is 168 Å². The van der Waals surface area contributed by atoms with Crippen molar-refractivity contribution in [3.05, 3.63) is 53.1 Å². The molecule has 8 heteroatoms. The highest BCUT2D eigenvalue weighted by Crippen LogP contribution is 2.48. The van der Waals surface area contributed by atoms with Gasteiger partial charge in [-0.15, -0.1) is 5.10 Å². The van der Waals surface area contributed by atoms with Gasteiger partial charge in [-0.2, -0.15) is 5.10 Å². The van der Waals surface area contributed by atoms with Crippen molar-refractivity contribution in [2.24, 2.45) is 23.5 Å². The normalized spacial score (nSPS) is 27.1. The zero-order valence-corrected chi connectivity index (χ0v) is 16.1. The fourth-order valence-electron chi connectivity index (χ4n) is 5.35.